The summed E-state index contributed by atoms with van der Waals surface area (Å²) in [6.07, 6.45) is 11.6. The Labute approximate surface area is 203 Å². The summed E-state index contributed by atoms with van der Waals surface area (Å²) in [7, 11) is 0. The van der Waals surface area contributed by atoms with Crippen LogP contribution in [0.4, 0.5) is 11.6 Å². The van der Waals surface area contributed by atoms with Crippen LogP contribution in [-0.4, -0.2) is 28.2 Å². The van der Waals surface area contributed by atoms with Gasteiger partial charge in [0.1, 0.15) is 11.6 Å². The number of thioether (sulfide) groups is 1. The maximum absolute atomic E-state index is 9.16. The zero-order valence-electron chi connectivity index (χ0n) is 18.1. The molecule has 0 spiro atoms. The van der Waals surface area contributed by atoms with Crippen molar-refractivity contribution in [3.8, 4) is 0 Å². The van der Waals surface area contributed by atoms with Crippen LogP contribution < -0.4 is 10.0 Å². The van der Waals surface area contributed by atoms with Gasteiger partial charge in [-0.05, 0) is 47.2 Å². The van der Waals surface area contributed by atoms with Crippen molar-refractivity contribution in [1.82, 2.24) is 9.97 Å². The Morgan fingerprint density at radius 3 is 2.58 bits per heavy atom. The summed E-state index contributed by atoms with van der Waals surface area (Å²) in [5.41, 5.74) is 3.66. The Morgan fingerprint density at radius 2 is 1.76 bits per heavy atom. The fraction of sp³-hybridized carbons (Fsp3) is 0.154. The minimum atomic E-state index is 0.0437. The molecule has 1 heterocycles. The lowest BCUT2D eigenvalue weighted by molar-refractivity contribution is 0.311. The molecule has 2 aromatic carbocycles. The Hall–Kier alpha value is -3.00. The number of benzene rings is 2. The van der Waals surface area contributed by atoms with Crippen LogP contribution in [0, 0.1) is 0 Å². The molecule has 5 nitrogen and oxygen atoms in total. The average molecular weight is 475 g/mol. The first-order chi connectivity index (χ1) is 16.3. The van der Waals surface area contributed by atoms with E-state index in [-0.39, 0.29) is 6.61 Å². The quantitative estimate of drug-likeness (QED) is 0.184. The van der Waals surface area contributed by atoms with Crippen molar-refractivity contribution in [1.29, 1.82) is 0 Å². The van der Waals surface area contributed by atoms with Crippen LogP contribution >= 0.6 is 23.7 Å². The zero-order valence-corrected chi connectivity index (χ0v) is 19.8. The number of aliphatic hydroxyl groups excluding tert-OH is 1. The molecule has 0 radical (unpaired) electrons. The first-order valence-electron chi connectivity index (χ1n) is 10.8. The lowest BCUT2D eigenvalue weighted by Crippen LogP contribution is -2.08. The van der Waals surface area contributed by atoms with Gasteiger partial charge in [0.05, 0.1) is 6.61 Å². The van der Waals surface area contributed by atoms with Crippen LogP contribution in [0.5, 0.6) is 0 Å². The highest BCUT2D eigenvalue weighted by atomic mass is 32.2. The largest absolute Gasteiger partial charge is 0.395 e. The second-order valence-electron chi connectivity index (χ2n) is 7.26. The second-order valence-corrected chi connectivity index (χ2v) is 9.08. The van der Waals surface area contributed by atoms with Gasteiger partial charge in [-0.1, -0.05) is 84.6 Å². The van der Waals surface area contributed by atoms with Crippen LogP contribution in [0.25, 0.3) is 5.57 Å². The summed E-state index contributed by atoms with van der Waals surface area (Å²) in [5, 5.41) is 13.0. The van der Waals surface area contributed by atoms with Crippen molar-refractivity contribution in [2.45, 2.75) is 22.2 Å². The molecule has 0 fully saturated rings. The van der Waals surface area contributed by atoms with E-state index in [9.17, 15) is 0 Å². The molecule has 0 atom stereocenters. The second kappa shape index (κ2) is 12.3. The van der Waals surface area contributed by atoms with Crippen LogP contribution in [0.15, 0.2) is 101 Å². The van der Waals surface area contributed by atoms with Gasteiger partial charge >= 0.3 is 0 Å². The van der Waals surface area contributed by atoms with E-state index in [4.69, 9.17) is 5.11 Å². The molecule has 0 bridgehead atoms. The van der Waals surface area contributed by atoms with Gasteiger partial charge in [-0.15, -0.1) is 0 Å². The molecule has 0 aliphatic heterocycles. The SMILES string of the molecule is OCCNc1cc(NSc2ccc(C3=CCC=CC=C3)cc2)nc(SCc2ccccc2)n1. The van der Waals surface area contributed by atoms with Crippen LogP contribution in [0.3, 0.4) is 0 Å². The molecule has 33 heavy (non-hydrogen) atoms. The number of hydrogen-bond acceptors (Lipinski definition) is 7. The molecular formula is C26H26N4OS2. The summed E-state index contributed by atoms with van der Waals surface area (Å²) < 4.78 is 3.34. The van der Waals surface area contributed by atoms with Crippen molar-refractivity contribution in [2.24, 2.45) is 0 Å². The molecule has 4 rings (SSSR count). The number of hydrogen-bond donors (Lipinski definition) is 3. The van der Waals surface area contributed by atoms with Gasteiger partial charge in [0.25, 0.3) is 0 Å². The number of rotatable bonds is 10. The molecule has 7 heteroatoms. The van der Waals surface area contributed by atoms with Crippen LogP contribution in [0.2, 0.25) is 0 Å². The molecule has 1 aliphatic rings. The standard InChI is InChI=1S/C26H26N4OS2/c31-17-16-27-24-18-25(29-26(28-24)32-19-20-8-4-3-5-9-20)30-33-23-14-12-22(13-15-23)21-10-6-1-2-7-11-21/h1-6,8-15,18,31H,7,16-17,19H2,(H2,27,28,29,30). The highest BCUT2D eigenvalue weighted by molar-refractivity contribution is 8.00. The van der Waals surface area contributed by atoms with E-state index in [0.29, 0.717) is 17.5 Å². The van der Waals surface area contributed by atoms with Crippen molar-refractivity contribution in [3.05, 3.63) is 102 Å². The van der Waals surface area contributed by atoms with E-state index < -0.39 is 0 Å². The molecule has 0 saturated carbocycles. The lowest BCUT2D eigenvalue weighted by Gasteiger charge is -2.11. The fourth-order valence-electron chi connectivity index (χ4n) is 3.16. The van der Waals surface area contributed by atoms with Gasteiger partial charge in [0, 0.05) is 23.3 Å². The predicted molar refractivity (Wildman–Crippen MR) is 140 cm³/mol. The van der Waals surface area contributed by atoms with Gasteiger partial charge in [-0.2, -0.15) is 0 Å². The summed E-state index contributed by atoms with van der Waals surface area (Å²) in [6, 6.07) is 20.6. The maximum atomic E-state index is 9.16. The van der Waals surface area contributed by atoms with E-state index in [1.54, 1.807) is 11.8 Å². The number of nitrogens with zero attached hydrogens (tertiary/aromatic N) is 2. The topological polar surface area (TPSA) is 70.1 Å². The summed E-state index contributed by atoms with van der Waals surface area (Å²) in [4.78, 5) is 10.3. The van der Waals surface area contributed by atoms with E-state index in [1.807, 2.05) is 24.3 Å². The van der Waals surface area contributed by atoms with Crippen molar-refractivity contribution < 1.29 is 5.11 Å². The van der Waals surface area contributed by atoms with Gasteiger partial charge in [0.2, 0.25) is 0 Å². The summed E-state index contributed by atoms with van der Waals surface area (Å²) in [6.45, 7) is 0.482. The van der Waals surface area contributed by atoms with E-state index in [0.717, 1.165) is 22.9 Å². The maximum Gasteiger partial charge on any atom is 0.191 e. The molecule has 0 unspecified atom stereocenters. The molecule has 168 valence electrons. The fourth-order valence-corrected chi connectivity index (χ4v) is 4.57. The Bertz CT molecular complexity index is 1130. The minimum absolute atomic E-state index is 0.0437. The van der Waals surface area contributed by atoms with Gasteiger partial charge in [-0.3, -0.25) is 0 Å². The Morgan fingerprint density at radius 1 is 0.939 bits per heavy atom. The summed E-state index contributed by atoms with van der Waals surface area (Å²) >= 11 is 3.10. The molecule has 0 amide bonds. The molecular weight excluding hydrogens is 448 g/mol. The Balaban J connectivity index is 1.42. The van der Waals surface area contributed by atoms with E-state index >= 15 is 0 Å². The van der Waals surface area contributed by atoms with Crippen molar-refractivity contribution >= 4 is 40.9 Å². The highest BCUT2D eigenvalue weighted by Crippen LogP contribution is 2.27. The molecule has 1 aromatic heterocycles. The molecule has 3 aromatic rings. The van der Waals surface area contributed by atoms with E-state index in [2.05, 4.69) is 86.8 Å². The van der Waals surface area contributed by atoms with Gasteiger partial charge in [-0.25, -0.2) is 9.97 Å². The molecule has 3 N–H and O–H groups in total. The normalized spacial score (nSPS) is 12.8. The third-order valence-corrected chi connectivity index (χ3v) is 6.53. The molecule has 0 saturated heterocycles. The van der Waals surface area contributed by atoms with Crippen molar-refractivity contribution in [2.75, 3.05) is 23.2 Å². The van der Waals surface area contributed by atoms with E-state index in [1.165, 1.54) is 28.6 Å². The number of anilines is 2. The first kappa shape index (κ1) is 23.2. The Kier molecular flexibility index (Phi) is 8.63. The number of aliphatic hydroxyl groups is 1. The van der Waals surface area contributed by atoms with Gasteiger partial charge < -0.3 is 15.1 Å². The lowest BCUT2D eigenvalue weighted by atomic mass is 10.1. The smallest absolute Gasteiger partial charge is 0.191 e. The first-order valence-corrected chi connectivity index (χ1v) is 12.6. The van der Waals surface area contributed by atoms with Crippen LogP contribution in [0.1, 0.15) is 17.5 Å². The summed E-state index contributed by atoms with van der Waals surface area (Å²) in [5.74, 6) is 2.20. The number of allylic oxidation sites excluding steroid dienone is 6. The third-order valence-electron chi connectivity index (χ3n) is 4.79. The molecule has 1 aliphatic carbocycles. The number of nitrogens with one attached hydrogen (secondary N) is 2. The monoisotopic (exact) mass is 474 g/mol. The third kappa shape index (κ3) is 7.25. The van der Waals surface area contributed by atoms with Crippen molar-refractivity contribution in [3.63, 3.8) is 0 Å². The van der Waals surface area contributed by atoms with Gasteiger partial charge in [0.15, 0.2) is 5.16 Å². The van der Waals surface area contributed by atoms with Crippen LogP contribution in [-0.2, 0) is 5.75 Å². The highest BCUT2D eigenvalue weighted by Gasteiger charge is 2.07. The minimum Gasteiger partial charge on any atom is -0.395 e. The average Bonchev–Trinajstić information content (AvgIpc) is 3.16. The zero-order chi connectivity index (χ0) is 22.7. The number of aromatic nitrogens is 2. The predicted octanol–water partition coefficient (Wildman–Crippen LogP) is 6.19.